The molecule has 0 aliphatic rings. The molecule has 0 unspecified atom stereocenters. The molecule has 0 bridgehead atoms. The average Bonchev–Trinajstić information content (AvgIpc) is 2.45. The van der Waals surface area contributed by atoms with Crippen molar-refractivity contribution in [3.05, 3.63) is 48.5 Å². The molecule has 0 aliphatic heterocycles. The number of methoxy groups -OCH3 is 1. The minimum absolute atomic E-state index is 0.242. The summed E-state index contributed by atoms with van der Waals surface area (Å²) in [6, 6.07) is 17.2. The van der Waals surface area contributed by atoms with E-state index < -0.39 is 0 Å². The molecule has 0 heterocycles. The smallest absolute Gasteiger partial charge is 0.126 e. The monoisotopic (exact) mass is 328 g/mol. The quantitative estimate of drug-likeness (QED) is 0.622. The molecule has 0 aliphatic carbocycles. The van der Waals surface area contributed by atoms with Gasteiger partial charge in [0.1, 0.15) is 5.75 Å². The van der Waals surface area contributed by atoms with Crippen molar-refractivity contribution >= 4 is 13.2 Å². The normalized spacial score (nSPS) is 12.5. The molecule has 2 rings (SSSR count). The minimum Gasteiger partial charge on any atom is -0.496 e. The lowest BCUT2D eigenvalue weighted by Gasteiger charge is -2.42. The van der Waals surface area contributed by atoms with E-state index in [1.165, 1.54) is 16.4 Å². The van der Waals surface area contributed by atoms with Crippen molar-refractivity contribution in [3.8, 4) is 16.9 Å². The highest BCUT2D eigenvalue weighted by Crippen LogP contribution is 2.59. The van der Waals surface area contributed by atoms with E-state index in [1.54, 1.807) is 7.11 Å². The molecule has 0 N–H and O–H groups in total. The summed E-state index contributed by atoms with van der Waals surface area (Å²) >= 11 is 0. The van der Waals surface area contributed by atoms with Gasteiger partial charge in [-0.1, -0.05) is 91.9 Å². The second-order valence-corrected chi connectivity index (χ2v) is 11.7. The zero-order valence-electron chi connectivity index (χ0n) is 15.5. The van der Waals surface area contributed by atoms with Crippen molar-refractivity contribution in [1.82, 2.24) is 0 Å². The summed E-state index contributed by atoms with van der Waals surface area (Å²) in [4.78, 5) is 0. The van der Waals surface area contributed by atoms with Crippen LogP contribution < -0.4 is 10.0 Å². The summed E-state index contributed by atoms with van der Waals surface area (Å²) in [5.41, 5.74) is 2.49. The summed E-state index contributed by atoms with van der Waals surface area (Å²) in [5, 5.41) is 1.95. The Labute approximate surface area is 142 Å². The topological polar surface area (TPSA) is 9.23 Å². The largest absolute Gasteiger partial charge is 0.496 e. The van der Waals surface area contributed by atoms with Gasteiger partial charge in [-0.15, -0.1) is 0 Å². The van der Waals surface area contributed by atoms with Crippen LogP contribution in [0.3, 0.4) is 0 Å². The van der Waals surface area contributed by atoms with Crippen molar-refractivity contribution in [2.24, 2.45) is 0 Å². The first kappa shape index (κ1) is 18.0. The molecule has 124 valence electrons. The van der Waals surface area contributed by atoms with Crippen molar-refractivity contribution in [1.29, 1.82) is 0 Å². The predicted molar refractivity (Wildman–Crippen MR) is 104 cm³/mol. The molecule has 0 saturated carbocycles. The van der Waals surface area contributed by atoms with Gasteiger partial charge in [0.25, 0.3) is 0 Å². The molecule has 0 atom stereocenters. The average molecular weight is 328 g/mol. The number of rotatable bonds is 3. The fourth-order valence-corrected chi connectivity index (χ4v) is 7.62. The van der Waals surface area contributed by atoms with Gasteiger partial charge in [-0.3, -0.25) is 0 Å². The van der Waals surface area contributed by atoms with Crippen molar-refractivity contribution in [2.75, 3.05) is 7.11 Å². The van der Waals surface area contributed by atoms with E-state index in [1.807, 2.05) is 12.1 Å². The van der Waals surface area contributed by atoms with E-state index in [4.69, 9.17) is 4.74 Å². The second kappa shape index (κ2) is 6.65. The Hall–Kier alpha value is -1.33. The van der Waals surface area contributed by atoms with Crippen LogP contribution in [0.5, 0.6) is 5.75 Å². The summed E-state index contributed by atoms with van der Waals surface area (Å²) in [6.07, 6.45) is 0. The van der Waals surface area contributed by atoms with Crippen LogP contribution in [0.25, 0.3) is 11.1 Å². The highest BCUT2D eigenvalue weighted by atomic mass is 31.1. The van der Waals surface area contributed by atoms with Crippen LogP contribution >= 0.6 is 7.92 Å². The molecule has 0 fully saturated rings. The van der Waals surface area contributed by atoms with Gasteiger partial charge in [-0.2, -0.15) is 0 Å². The van der Waals surface area contributed by atoms with Gasteiger partial charge in [0.15, 0.2) is 0 Å². The molecule has 0 aromatic heterocycles. The van der Waals surface area contributed by atoms with Crippen LogP contribution in [0, 0.1) is 0 Å². The summed E-state index contributed by atoms with van der Waals surface area (Å²) in [5.74, 6) is 0.942. The van der Waals surface area contributed by atoms with Gasteiger partial charge >= 0.3 is 0 Å². The van der Waals surface area contributed by atoms with E-state index in [-0.39, 0.29) is 18.2 Å². The van der Waals surface area contributed by atoms with Crippen LogP contribution in [-0.4, -0.2) is 17.4 Å². The van der Waals surface area contributed by atoms with E-state index >= 15 is 0 Å². The van der Waals surface area contributed by atoms with E-state index in [2.05, 4.69) is 77.9 Å². The maximum absolute atomic E-state index is 5.61. The second-order valence-electron chi connectivity index (χ2n) is 7.89. The Balaban J connectivity index is 2.70. The van der Waals surface area contributed by atoms with Gasteiger partial charge in [0, 0.05) is 5.56 Å². The Bertz CT molecular complexity index is 648. The number of ether oxygens (including phenoxy) is 1. The van der Waals surface area contributed by atoms with Gasteiger partial charge in [0.05, 0.1) is 7.11 Å². The Kier molecular flexibility index (Phi) is 5.21. The standard InChI is InChI=1S/C21H29OP/c1-20(2,3)23(21(4,5)6)19-15-11-9-13-17(19)16-12-8-10-14-18(16)22-7/h8-15H,1-7H3. The Morgan fingerprint density at radius 3 is 1.70 bits per heavy atom. The molecule has 2 aromatic rings. The number of para-hydroxylation sites is 1. The molecule has 0 saturated heterocycles. The zero-order chi connectivity index (χ0) is 17.3. The van der Waals surface area contributed by atoms with E-state index in [0.717, 1.165) is 5.75 Å². The molecule has 1 nitrogen and oxygen atoms in total. The lowest BCUT2D eigenvalue weighted by atomic mass is 10.0. The third kappa shape index (κ3) is 3.96. The van der Waals surface area contributed by atoms with Gasteiger partial charge in [-0.25, -0.2) is 0 Å². The molecule has 0 radical (unpaired) electrons. The van der Waals surface area contributed by atoms with Gasteiger partial charge in [-0.05, 0) is 27.2 Å². The van der Waals surface area contributed by atoms with Crippen molar-refractivity contribution in [2.45, 2.75) is 51.9 Å². The van der Waals surface area contributed by atoms with Crippen LogP contribution in [0.4, 0.5) is 0 Å². The molecule has 0 amide bonds. The molecular weight excluding hydrogens is 299 g/mol. The van der Waals surface area contributed by atoms with E-state index in [9.17, 15) is 0 Å². The van der Waals surface area contributed by atoms with Gasteiger partial charge < -0.3 is 4.74 Å². The van der Waals surface area contributed by atoms with Gasteiger partial charge in [0.2, 0.25) is 0 Å². The highest BCUT2D eigenvalue weighted by molar-refractivity contribution is 7.68. The molecule has 2 heteroatoms. The third-order valence-corrected chi connectivity index (χ3v) is 7.44. The lowest BCUT2D eigenvalue weighted by Crippen LogP contribution is -2.31. The third-order valence-electron chi connectivity index (χ3n) is 3.88. The first-order valence-electron chi connectivity index (χ1n) is 8.19. The summed E-state index contributed by atoms with van der Waals surface area (Å²) in [7, 11) is 1.39. The fourth-order valence-electron chi connectivity index (χ4n) is 3.49. The summed E-state index contributed by atoms with van der Waals surface area (Å²) in [6.45, 7) is 14.2. The number of hydrogen-bond acceptors (Lipinski definition) is 1. The SMILES string of the molecule is COc1ccccc1-c1ccccc1P(C(C)(C)C)C(C)(C)C. The first-order chi connectivity index (χ1) is 10.7. The molecule has 2 aromatic carbocycles. The maximum atomic E-state index is 5.61. The Morgan fingerprint density at radius 1 is 0.696 bits per heavy atom. The van der Waals surface area contributed by atoms with Crippen molar-refractivity contribution < 1.29 is 4.74 Å². The van der Waals surface area contributed by atoms with Crippen LogP contribution in [-0.2, 0) is 0 Å². The highest BCUT2D eigenvalue weighted by Gasteiger charge is 2.37. The minimum atomic E-state index is -0.355. The predicted octanol–water partition coefficient (Wildman–Crippen LogP) is 6.07. The van der Waals surface area contributed by atoms with Crippen LogP contribution in [0.15, 0.2) is 48.5 Å². The molecule has 23 heavy (non-hydrogen) atoms. The van der Waals surface area contributed by atoms with Crippen LogP contribution in [0.1, 0.15) is 41.5 Å². The number of benzene rings is 2. The van der Waals surface area contributed by atoms with Crippen molar-refractivity contribution in [3.63, 3.8) is 0 Å². The summed E-state index contributed by atoms with van der Waals surface area (Å²) < 4.78 is 5.61. The van der Waals surface area contributed by atoms with E-state index in [0.29, 0.717) is 0 Å². The molecular formula is C21H29OP. The lowest BCUT2D eigenvalue weighted by molar-refractivity contribution is 0.416. The van der Waals surface area contributed by atoms with Crippen LogP contribution in [0.2, 0.25) is 0 Å². The fraction of sp³-hybridized carbons (Fsp3) is 0.429. The zero-order valence-corrected chi connectivity index (χ0v) is 16.4. The maximum Gasteiger partial charge on any atom is 0.126 e. The first-order valence-corrected chi connectivity index (χ1v) is 9.53. The number of hydrogen-bond donors (Lipinski definition) is 0. The Morgan fingerprint density at radius 2 is 1.17 bits per heavy atom. The molecule has 0 spiro atoms.